The second kappa shape index (κ2) is 5.40. The molecule has 5 heteroatoms. The Morgan fingerprint density at radius 1 is 1.26 bits per heavy atom. The zero-order chi connectivity index (χ0) is 14.0. The van der Waals surface area contributed by atoms with Gasteiger partial charge in [0.2, 0.25) is 0 Å². The van der Waals surface area contributed by atoms with Crippen LogP contribution in [-0.4, -0.2) is 29.2 Å². The summed E-state index contributed by atoms with van der Waals surface area (Å²) >= 11 is 0. The van der Waals surface area contributed by atoms with Gasteiger partial charge in [-0.05, 0) is 43.9 Å². The van der Waals surface area contributed by atoms with E-state index >= 15 is 0 Å². The number of amides is 1. The number of hydrogen-bond acceptors (Lipinski definition) is 3. The Morgan fingerprint density at radius 2 is 1.95 bits per heavy atom. The van der Waals surface area contributed by atoms with Gasteiger partial charge < -0.3 is 15.2 Å². The van der Waals surface area contributed by atoms with Crippen LogP contribution in [0.2, 0.25) is 0 Å². The van der Waals surface area contributed by atoms with Gasteiger partial charge in [-0.25, -0.2) is 4.79 Å². The van der Waals surface area contributed by atoms with Crippen LogP contribution in [0.3, 0.4) is 0 Å². The standard InChI is InChI=1S/C14H17NO4/c1-8-3-4-9(2)10(7-8)15-13(16)11-5-6-12(19-11)14(17)18/h3-4,7,11-12H,5-6H2,1-2H3,(H,15,16)(H,17,18)/t11-,12+/m0/s1. The number of carboxylic acids is 1. The van der Waals surface area contributed by atoms with Crippen molar-refractivity contribution >= 4 is 17.6 Å². The second-order valence-electron chi connectivity index (χ2n) is 4.84. The third-order valence-electron chi connectivity index (χ3n) is 3.24. The third-order valence-corrected chi connectivity index (χ3v) is 3.24. The van der Waals surface area contributed by atoms with E-state index in [0.717, 1.165) is 16.8 Å². The minimum absolute atomic E-state index is 0.280. The lowest BCUT2D eigenvalue weighted by atomic mass is 10.1. The first-order valence-corrected chi connectivity index (χ1v) is 6.24. The minimum Gasteiger partial charge on any atom is -0.479 e. The van der Waals surface area contributed by atoms with Gasteiger partial charge in [0.25, 0.3) is 5.91 Å². The number of benzene rings is 1. The monoisotopic (exact) mass is 263 g/mol. The molecule has 2 rings (SSSR count). The van der Waals surface area contributed by atoms with Crippen LogP contribution in [-0.2, 0) is 14.3 Å². The fourth-order valence-electron chi connectivity index (χ4n) is 2.10. The summed E-state index contributed by atoms with van der Waals surface area (Å²) < 4.78 is 5.22. The lowest BCUT2D eigenvalue weighted by Gasteiger charge is -2.13. The molecule has 0 radical (unpaired) electrons. The summed E-state index contributed by atoms with van der Waals surface area (Å²) in [6, 6.07) is 5.79. The van der Waals surface area contributed by atoms with Crippen molar-refractivity contribution in [3.8, 4) is 0 Å². The van der Waals surface area contributed by atoms with Gasteiger partial charge in [0.05, 0.1) is 0 Å². The number of rotatable bonds is 3. The average Bonchev–Trinajstić information content (AvgIpc) is 2.83. The quantitative estimate of drug-likeness (QED) is 0.873. The largest absolute Gasteiger partial charge is 0.479 e. The second-order valence-corrected chi connectivity index (χ2v) is 4.84. The first-order chi connectivity index (χ1) is 8.97. The molecule has 0 unspecified atom stereocenters. The number of aryl methyl sites for hydroxylation is 2. The Morgan fingerprint density at radius 3 is 2.58 bits per heavy atom. The number of hydrogen-bond donors (Lipinski definition) is 2. The van der Waals surface area contributed by atoms with E-state index in [-0.39, 0.29) is 5.91 Å². The highest BCUT2D eigenvalue weighted by Crippen LogP contribution is 2.23. The summed E-state index contributed by atoms with van der Waals surface area (Å²) in [4.78, 5) is 22.8. The van der Waals surface area contributed by atoms with Gasteiger partial charge >= 0.3 is 5.97 Å². The molecule has 1 aromatic rings. The predicted octanol–water partition coefficient (Wildman–Crippen LogP) is 1.87. The molecule has 5 nitrogen and oxygen atoms in total. The van der Waals surface area contributed by atoms with Crippen molar-refractivity contribution < 1.29 is 19.4 Å². The van der Waals surface area contributed by atoms with Gasteiger partial charge in [-0.3, -0.25) is 4.79 Å². The maximum atomic E-state index is 12.0. The molecule has 1 saturated heterocycles. The lowest BCUT2D eigenvalue weighted by Crippen LogP contribution is -2.30. The molecule has 0 saturated carbocycles. The Balaban J connectivity index is 2.02. The summed E-state index contributed by atoms with van der Waals surface area (Å²) in [6.07, 6.45) is -0.733. The molecule has 0 aromatic heterocycles. The molecule has 0 spiro atoms. The number of carbonyl (C=O) groups excluding carboxylic acids is 1. The highest BCUT2D eigenvalue weighted by Gasteiger charge is 2.34. The van der Waals surface area contributed by atoms with E-state index in [2.05, 4.69) is 5.32 Å². The molecule has 1 aliphatic rings. The lowest BCUT2D eigenvalue weighted by molar-refractivity contribution is -0.150. The molecule has 19 heavy (non-hydrogen) atoms. The Kier molecular flexibility index (Phi) is 3.85. The van der Waals surface area contributed by atoms with Crippen LogP contribution in [0.4, 0.5) is 5.69 Å². The van der Waals surface area contributed by atoms with Crippen LogP contribution in [0, 0.1) is 13.8 Å². The zero-order valence-electron chi connectivity index (χ0n) is 11.0. The molecule has 1 heterocycles. The van der Waals surface area contributed by atoms with Gasteiger partial charge in [0.1, 0.15) is 6.10 Å². The highest BCUT2D eigenvalue weighted by atomic mass is 16.5. The number of aliphatic carboxylic acids is 1. The first kappa shape index (κ1) is 13.5. The van der Waals surface area contributed by atoms with Crippen LogP contribution < -0.4 is 5.32 Å². The molecule has 1 aromatic carbocycles. The van der Waals surface area contributed by atoms with E-state index in [4.69, 9.17) is 9.84 Å². The fraction of sp³-hybridized carbons (Fsp3) is 0.429. The summed E-state index contributed by atoms with van der Waals surface area (Å²) in [6.45, 7) is 3.85. The van der Waals surface area contributed by atoms with Crippen molar-refractivity contribution in [1.82, 2.24) is 0 Å². The third kappa shape index (κ3) is 3.12. The number of carboxylic acid groups (broad SMARTS) is 1. The van der Waals surface area contributed by atoms with Crippen molar-refractivity contribution in [2.75, 3.05) is 5.32 Å². The Hall–Kier alpha value is -1.88. The zero-order valence-corrected chi connectivity index (χ0v) is 11.0. The highest BCUT2D eigenvalue weighted by molar-refractivity contribution is 5.95. The number of anilines is 1. The van der Waals surface area contributed by atoms with E-state index in [1.165, 1.54) is 0 Å². The average molecular weight is 263 g/mol. The summed E-state index contributed by atoms with van der Waals surface area (Å²) in [5, 5.41) is 11.6. The van der Waals surface area contributed by atoms with Gasteiger partial charge in [-0.2, -0.15) is 0 Å². The number of ether oxygens (including phenoxy) is 1. The van der Waals surface area contributed by atoms with E-state index in [1.807, 2.05) is 32.0 Å². The Bertz CT molecular complexity index is 512. The summed E-state index contributed by atoms with van der Waals surface area (Å²) in [5.74, 6) is -1.29. The van der Waals surface area contributed by atoms with E-state index in [9.17, 15) is 9.59 Å². The van der Waals surface area contributed by atoms with Gasteiger partial charge in [-0.1, -0.05) is 12.1 Å². The topological polar surface area (TPSA) is 75.6 Å². The molecular formula is C14H17NO4. The van der Waals surface area contributed by atoms with Crippen molar-refractivity contribution in [2.45, 2.75) is 38.9 Å². The number of nitrogens with one attached hydrogen (secondary N) is 1. The van der Waals surface area contributed by atoms with E-state index < -0.39 is 18.2 Å². The van der Waals surface area contributed by atoms with Crippen molar-refractivity contribution in [3.63, 3.8) is 0 Å². The van der Waals surface area contributed by atoms with Crippen LogP contribution in [0.15, 0.2) is 18.2 Å². The molecule has 2 N–H and O–H groups in total. The van der Waals surface area contributed by atoms with Crippen LogP contribution in [0.1, 0.15) is 24.0 Å². The molecule has 1 aliphatic heterocycles. The van der Waals surface area contributed by atoms with Crippen LogP contribution in [0.5, 0.6) is 0 Å². The van der Waals surface area contributed by atoms with E-state index in [1.54, 1.807) is 0 Å². The molecular weight excluding hydrogens is 246 g/mol. The SMILES string of the molecule is Cc1ccc(C)c(NC(=O)[C@@H]2CC[C@H](C(=O)O)O2)c1. The number of carbonyl (C=O) groups is 2. The first-order valence-electron chi connectivity index (χ1n) is 6.24. The van der Waals surface area contributed by atoms with Crippen LogP contribution >= 0.6 is 0 Å². The van der Waals surface area contributed by atoms with E-state index in [0.29, 0.717) is 12.8 Å². The fourth-order valence-corrected chi connectivity index (χ4v) is 2.10. The maximum absolute atomic E-state index is 12.0. The predicted molar refractivity (Wildman–Crippen MR) is 70.1 cm³/mol. The molecule has 0 bridgehead atoms. The van der Waals surface area contributed by atoms with Crippen molar-refractivity contribution in [2.24, 2.45) is 0 Å². The van der Waals surface area contributed by atoms with Gasteiger partial charge in [0, 0.05) is 5.69 Å². The summed E-state index contributed by atoms with van der Waals surface area (Å²) in [5.41, 5.74) is 2.76. The van der Waals surface area contributed by atoms with Crippen molar-refractivity contribution in [3.05, 3.63) is 29.3 Å². The maximum Gasteiger partial charge on any atom is 0.332 e. The van der Waals surface area contributed by atoms with Gasteiger partial charge in [-0.15, -0.1) is 0 Å². The molecule has 102 valence electrons. The molecule has 1 fully saturated rings. The molecule has 0 aliphatic carbocycles. The summed E-state index contributed by atoms with van der Waals surface area (Å²) in [7, 11) is 0. The smallest absolute Gasteiger partial charge is 0.332 e. The molecule has 1 amide bonds. The van der Waals surface area contributed by atoms with Crippen molar-refractivity contribution in [1.29, 1.82) is 0 Å². The molecule has 2 atom stereocenters. The van der Waals surface area contributed by atoms with Gasteiger partial charge in [0.15, 0.2) is 6.10 Å². The Labute approximate surface area is 111 Å². The van der Waals surface area contributed by atoms with Crippen LogP contribution in [0.25, 0.3) is 0 Å². The normalized spacial score (nSPS) is 22.2. The minimum atomic E-state index is -1.01.